The number of piperidine rings is 1. The molecular weight excluding hydrogens is 465 g/mol. The van der Waals surface area contributed by atoms with Crippen molar-refractivity contribution >= 4 is 17.7 Å². The highest BCUT2D eigenvalue weighted by Gasteiger charge is 2.41. The van der Waals surface area contributed by atoms with Gasteiger partial charge >= 0.3 is 0 Å². The maximum Gasteiger partial charge on any atom is 0.255 e. The molecule has 6 rings (SSSR count). The van der Waals surface area contributed by atoms with E-state index in [1.54, 1.807) is 11.0 Å². The van der Waals surface area contributed by atoms with Crippen LogP contribution in [0.3, 0.4) is 0 Å². The van der Waals surface area contributed by atoms with E-state index in [0.29, 0.717) is 24.4 Å². The third-order valence-electron chi connectivity index (χ3n) is 7.83. The lowest BCUT2D eigenvalue weighted by atomic mass is 9.86. The van der Waals surface area contributed by atoms with Crippen molar-refractivity contribution in [2.45, 2.75) is 69.2 Å². The minimum atomic E-state index is -0.626. The molecule has 1 N–H and O–H groups in total. The van der Waals surface area contributed by atoms with Gasteiger partial charge in [0.05, 0.1) is 12.4 Å². The Morgan fingerprint density at radius 3 is 2.58 bits per heavy atom. The van der Waals surface area contributed by atoms with Crippen molar-refractivity contribution in [3.63, 3.8) is 0 Å². The number of carbonyl (C=O) groups is 3. The molecule has 9 nitrogen and oxygen atoms in total. The van der Waals surface area contributed by atoms with Gasteiger partial charge in [-0.05, 0) is 49.4 Å². The Kier molecular flexibility index (Phi) is 5.91. The van der Waals surface area contributed by atoms with Crippen LogP contribution in [-0.4, -0.2) is 68.8 Å². The van der Waals surface area contributed by atoms with Crippen molar-refractivity contribution in [2.75, 3.05) is 13.1 Å². The van der Waals surface area contributed by atoms with Gasteiger partial charge in [0.25, 0.3) is 5.91 Å². The van der Waals surface area contributed by atoms with Crippen LogP contribution in [0.1, 0.15) is 66.2 Å². The zero-order valence-corrected chi connectivity index (χ0v) is 19.9. The maximum atomic E-state index is 13.1. The molecule has 10 heteroatoms. The first-order valence-corrected chi connectivity index (χ1v) is 12.6. The number of likely N-dealkylation sites (tertiary alicyclic amines) is 1. The summed E-state index contributed by atoms with van der Waals surface area (Å²) in [5, 5.41) is 2.34. The zero-order chi connectivity index (χ0) is 24.8. The van der Waals surface area contributed by atoms with Gasteiger partial charge in [0.15, 0.2) is 5.82 Å². The number of halogens is 1. The highest BCUT2D eigenvalue weighted by atomic mass is 19.1. The average Bonchev–Trinajstić information content (AvgIpc) is 3.16. The Bertz CT molecular complexity index is 1200. The molecule has 1 aromatic heterocycles. The average molecular weight is 494 g/mol. The first-order valence-electron chi connectivity index (χ1n) is 12.6. The molecule has 4 aliphatic rings. The zero-order valence-electron chi connectivity index (χ0n) is 19.9. The van der Waals surface area contributed by atoms with Crippen molar-refractivity contribution in [1.29, 1.82) is 0 Å². The quantitative estimate of drug-likeness (QED) is 0.637. The molecule has 1 unspecified atom stereocenters. The van der Waals surface area contributed by atoms with Crippen molar-refractivity contribution in [1.82, 2.24) is 25.1 Å². The second-order valence-electron chi connectivity index (χ2n) is 10.1. The number of nitrogens with zero attached hydrogens (tertiary/aromatic N) is 4. The molecule has 1 saturated carbocycles. The van der Waals surface area contributed by atoms with Gasteiger partial charge in [0, 0.05) is 43.6 Å². The number of amides is 3. The first kappa shape index (κ1) is 23.0. The number of imide groups is 1. The molecule has 1 aliphatic carbocycles. The van der Waals surface area contributed by atoms with Crippen molar-refractivity contribution in [2.24, 2.45) is 0 Å². The van der Waals surface area contributed by atoms with E-state index >= 15 is 0 Å². The maximum absolute atomic E-state index is 13.1. The van der Waals surface area contributed by atoms with E-state index in [0.717, 1.165) is 50.1 Å². The van der Waals surface area contributed by atoms with E-state index in [2.05, 4.69) is 20.2 Å². The second kappa shape index (κ2) is 9.24. The summed E-state index contributed by atoms with van der Waals surface area (Å²) < 4.78 is 19.6. The molecule has 3 atom stereocenters. The number of aromatic nitrogens is 2. The van der Waals surface area contributed by atoms with Crippen molar-refractivity contribution < 1.29 is 23.5 Å². The molecule has 0 radical (unpaired) electrons. The summed E-state index contributed by atoms with van der Waals surface area (Å²) in [4.78, 5) is 49.0. The summed E-state index contributed by atoms with van der Waals surface area (Å²) in [5.74, 6) is 0.303. The van der Waals surface area contributed by atoms with Crippen LogP contribution in [0, 0.1) is 5.82 Å². The molecule has 2 saturated heterocycles. The molecule has 3 aliphatic heterocycles. The van der Waals surface area contributed by atoms with Gasteiger partial charge in [0.1, 0.15) is 23.7 Å². The van der Waals surface area contributed by atoms with E-state index in [1.165, 1.54) is 12.4 Å². The van der Waals surface area contributed by atoms with E-state index in [1.807, 2.05) is 12.1 Å². The van der Waals surface area contributed by atoms with E-state index in [4.69, 9.17) is 4.74 Å². The van der Waals surface area contributed by atoms with Crippen LogP contribution >= 0.6 is 0 Å². The molecule has 2 aromatic rings. The third kappa shape index (κ3) is 4.23. The SMILES string of the molecule is O=C1CCC(N2Cc3cc(O[C@H]4CCCC[C@H]4N4CC(c5ncc(F)cn5)C4)ccc3C2=O)C(=O)N1. The normalized spacial score (nSPS) is 27.0. The largest absolute Gasteiger partial charge is 0.489 e. The number of hydrogen-bond acceptors (Lipinski definition) is 7. The Labute approximate surface area is 208 Å². The van der Waals surface area contributed by atoms with Crippen molar-refractivity contribution in [3.05, 3.63) is 53.4 Å². The highest BCUT2D eigenvalue weighted by molar-refractivity contribution is 6.05. The van der Waals surface area contributed by atoms with Crippen LogP contribution in [-0.2, 0) is 16.1 Å². The lowest BCUT2D eigenvalue weighted by molar-refractivity contribution is -0.136. The lowest BCUT2D eigenvalue weighted by Crippen LogP contribution is -2.57. The molecule has 0 bridgehead atoms. The van der Waals surface area contributed by atoms with Gasteiger partial charge in [-0.25, -0.2) is 14.4 Å². The number of carbonyl (C=O) groups excluding carboxylic acids is 3. The predicted octanol–water partition coefficient (Wildman–Crippen LogP) is 2.17. The Morgan fingerprint density at radius 1 is 1.03 bits per heavy atom. The van der Waals surface area contributed by atoms with Crippen LogP contribution in [0.4, 0.5) is 4.39 Å². The van der Waals surface area contributed by atoms with Gasteiger partial charge in [-0.1, -0.05) is 6.42 Å². The summed E-state index contributed by atoms with van der Waals surface area (Å²) in [6.45, 7) is 1.99. The van der Waals surface area contributed by atoms with Gasteiger partial charge in [0.2, 0.25) is 11.8 Å². The minimum Gasteiger partial charge on any atom is -0.489 e. The van der Waals surface area contributed by atoms with Crippen LogP contribution in [0.25, 0.3) is 0 Å². The minimum absolute atomic E-state index is 0.0372. The van der Waals surface area contributed by atoms with Gasteiger partial charge in [-0.15, -0.1) is 0 Å². The smallest absolute Gasteiger partial charge is 0.255 e. The van der Waals surface area contributed by atoms with E-state index in [9.17, 15) is 18.8 Å². The summed E-state index contributed by atoms with van der Waals surface area (Å²) in [7, 11) is 0. The molecule has 188 valence electrons. The van der Waals surface area contributed by atoms with E-state index in [-0.39, 0.29) is 36.3 Å². The Hall–Kier alpha value is -3.40. The molecule has 1 aromatic carbocycles. The number of hydrogen-bond donors (Lipinski definition) is 1. The summed E-state index contributed by atoms with van der Waals surface area (Å²) in [6, 6.07) is 5.18. The fourth-order valence-corrected chi connectivity index (χ4v) is 5.91. The Balaban J connectivity index is 1.11. The summed E-state index contributed by atoms with van der Waals surface area (Å²) in [5.41, 5.74) is 1.42. The molecule has 3 fully saturated rings. The van der Waals surface area contributed by atoms with Gasteiger partial charge in [-0.2, -0.15) is 0 Å². The van der Waals surface area contributed by atoms with Crippen LogP contribution in [0.5, 0.6) is 5.75 Å². The number of fused-ring (bicyclic) bond motifs is 1. The van der Waals surface area contributed by atoms with Crippen molar-refractivity contribution in [3.8, 4) is 5.75 Å². The fraction of sp³-hybridized carbons (Fsp3) is 0.500. The number of benzene rings is 1. The number of nitrogens with one attached hydrogen (secondary N) is 1. The summed E-state index contributed by atoms with van der Waals surface area (Å²) in [6.07, 6.45) is 7.32. The van der Waals surface area contributed by atoms with Gasteiger partial charge in [-0.3, -0.25) is 24.6 Å². The molecule has 36 heavy (non-hydrogen) atoms. The molecule has 4 heterocycles. The fourth-order valence-electron chi connectivity index (χ4n) is 5.91. The van der Waals surface area contributed by atoms with Crippen LogP contribution < -0.4 is 10.1 Å². The molecule has 0 spiro atoms. The lowest BCUT2D eigenvalue weighted by Gasteiger charge is -2.47. The monoisotopic (exact) mass is 493 g/mol. The second-order valence-corrected chi connectivity index (χ2v) is 10.1. The highest BCUT2D eigenvalue weighted by Crippen LogP contribution is 2.36. The predicted molar refractivity (Wildman–Crippen MR) is 125 cm³/mol. The topological polar surface area (TPSA) is 105 Å². The van der Waals surface area contributed by atoms with Crippen LogP contribution in [0.15, 0.2) is 30.6 Å². The molecule has 3 amide bonds. The standard InChI is InChI=1S/C26H28FN5O4/c27-17-10-28-24(29-11-17)16-12-31(13-16)20-3-1-2-4-22(20)36-18-5-6-19-15(9-18)14-32(26(19)35)21-7-8-23(33)30-25(21)34/h5-6,9-11,16,20-22H,1-4,7-8,12-14H2,(H,30,33,34)/t20-,21?,22+/m1/s1. The summed E-state index contributed by atoms with van der Waals surface area (Å²) >= 11 is 0. The number of ether oxygens (including phenoxy) is 1. The molecular formula is C26H28FN5O4. The van der Waals surface area contributed by atoms with E-state index < -0.39 is 17.8 Å². The van der Waals surface area contributed by atoms with Gasteiger partial charge < -0.3 is 9.64 Å². The first-order chi connectivity index (χ1) is 17.5. The number of rotatable bonds is 5. The van der Waals surface area contributed by atoms with Crippen LogP contribution in [0.2, 0.25) is 0 Å². The third-order valence-corrected chi connectivity index (χ3v) is 7.83. The Morgan fingerprint density at radius 2 is 1.81 bits per heavy atom.